The predicted molar refractivity (Wildman–Crippen MR) is 121 cm³/mol. The minimum Gasteiger partial charge on any atom is -0.394 e. The summed E-state index contributed by atoms with van der Waals surface area (Å²) in [6, 6.07) is 11.5. The van der Waals surface area contributed by atoms with Crippen LogP contribution in [0.1, 0.15) is 44.6 Å². The number of alkyl halides is 3. The summed E-state index contributed by atoms with van der Waals surface area (Å²) in [6.45, 7) is 2.28. The molecule has 1 saturated heterocycles. The third kappa shape index (κ3) is 5.55. The summed E-state index contributed by atoms with van der Waals surface area (Å²) in [5.74, 6) is -1.02. The largest absolute Gasteiger partial charge is 0.418 e. The van der Waals surface area contributed by atoms with Gasteiger partial charge in [-0.15, -0.1) is 0 Å². The molecule has 1 aliphatic heterocycles. The molecule has 33 heavy (non-hydrogen) atoms. The van der Waals surface area contributed by atoms with Gasteiger partial charge in [0, 0.05) is 30.1 Å². The highest BCUT2D eigenvalue weighted by atomic mass is 19.4. The minimum absolute atomic E-state index is 0.236. The Hall–Kier alpha value is -2.89. The molecule has 0 aliphatic carbocycles. The number of benzene rings is 2. The average Bonchev–Trinajstić information content (AvgIpc) is 2.79. The molecule has 176 valence electrons. The Balaban J connectivity index is 2.13. The highest BCUT2D eigenvalue weighted by Gasteiger charge is 2.39. The van der Waals surface area contributed by atoms with Gasteiger partial charge in [-0.1, -0.05) is 24.3 Å². The number of aliphatic hydroxyl groups is 2. The zero-order valence-corrected chi connectivity index (χ0v) is 18.4. The van der Waals surface area contributed by atoms with Gasteiger partial charge in [0.1, 0.15) is 11.6 Å². The minimum atomic E-state index is -4.93. The topological polar surface area (TPSA) is 84.6 Å². The van der Waals surface area contributed by atoms with E-state index in [0.717, 1.165) is 36.9 Å². The number of allylic oxidation sites excluding steroid dienone is 2. The molecule has 0 radical (unpaired) electrons. The van der Waals surface area contributed by atoms with Crippen molar-refractivity contribution < 1.29 is 28.2 Å². The molecule has 1 fully saturated rings. The Morgan fingerprint density at radius 2 is 2.03 bits per heavy atom. The lowest BCUT2D eigenvalue weighted by Gasteiger charge is -2.36. The number of fused-ring (bicyclic) bond motifs is 1. The van der Waals surface area contributed by atoms with Gasteiger partial charge < -0.3 is 15.1 Å². The maximum Gasteiger partial charge on any atom is 0.418 e. The van der Waals surface area contributed by atoms with Crippen molar-refractivity contribution in [3.8, 4) is 6.07 Å². The van der Waals surface area contributed by atoms with Crippen LogP contribution in [-0.4, -0.2) is 47.5 Å². The average molecular weight is 460 g/mol. The molecule has 1 heterocycles. The fraction of sp³-hybridized carbons (Fsp3) is 0.440. The van der Waals surface area contributed by atoms with Crippen molar-refractivity contribution in [2.75, 3.05) is 18.1 Å². The summed E-state index contributed by atoms with van der Waals surface area (Å²) in [7, 11) is 0. The van der Waals surface area contributed by atoms with Crippen molar-refractivity contribution in [1.29, 1.82) is 5.26 Å². The van der Waals surface area contributed by atoms with Gasteiger partial charge in [0.2, 0.25) is 0 Å². The number of aliphatic hydroxyl groups excluding tert-OH is 2. The number of rotatable bonds is 7. The smallest absolute Gasteiger partial charge is 0.394 e. The van der Waals surface area contributed by atoms with Crippen molar-refractivity contribution >= 4 is 27.8 Å². The zero-order valence-electron chi connectivity index (χ0n) is 18.4. The maximum absolute atomic E-state index is 14.1. The van der Waals surface area contributed by atoms with E-state index in [1.54, 1.807) is 6.07 Å². The first-order valence-corrected chi connectivity index (χ1v) is 11.0. The Morgan fingerprint density at radius 3 is 2.67 bits per heavy atom. The second-order valence-corrected chi connectivity index (χ2v) is 8.41. The summed E-state index contributed by atoms with van der Waals surface area (Å²) in [5.41, 5.74) is -1.69. The van der Waals surface area contributed by atoms with Crippen molar-refractivity contribution in [2.45, 2.75) is 57.3 Å². The number of hydrogen-bond acceptors (Lipinski definition) is 5. The van der Waals surface area contributed by atoms with Gasteiger partial charge >= 0.3 is 6.18 Å². The van der Waals surface area contributed by atoms with Gasteiger partial charge in [0.25, 0.3) is 0 Å². The Kier molecular flexibility index (Phi) is 7.77. The standard InChI is InChI=1S/C25H27F3N2O3/c1-16-5-2-3-12-30(16)22-7-4-6-17-8-9-18(13-20(17)22)24(25(26,27)28)21(14-29)23(33)11-10-19(32)15-31/h4,6-9,13,16,19,31-32H,2-3,5,10-12,15H2,1H3/b24-21-. The summed E-state index contributed by atoms with van der Waals surface area (Å²) in [5, 5.41) is 29.2. The fourth-order valence-corrected chi connectivity index (χ4v) is 4.34. The number of hydrogen-bond donors (Lipinski definition) is 2. The van der Waals surface area contributed by atoms with Crippen molar-refractivity contribution in [3.63, 3.8) is 0 Å². The number of anilines is 1. The molecule has 3 rings (SSSR count). The van der Waals surface area contributed by atoms with Crippen LogP contribution in [0.15, 0.2) is 42.0 Å². The first-order valence-electron chi connectivity index (χ1n) is 11.0. The molecule has 1 aliphatic rings. The fourth-order valence-electron chi connectivity index (χ4n) is 4.34. The second kappa shape index (κ2) is 10.4. The summed E-state index contributed by atoms with van der Waals surface area (Å²) >= 11 is 0. The SMILES string of the molecule is CC1CCCCN1c1cccc2ccc(/C(=C(\C#N)C(=O)CCC(O)CO)C(F)(F)F)cc12. The molecule has 0 saturated carbocycles. The van der Waals surface area contributed by atoms with E-state index in [-0.39, 0.29) is 18.0 Å². The molecule has 5 nitrogen and oxygen atoms in total. The maximum atomic E-state index is 14.1. The van der Waals surface area contributed by atoms with E-state index in [4.69, 9.17) is 5.11 Å². The molecule has 0 aromatic heterocycles. The van der Waals surface area contributed by atoms with E-state index >= 15 is 0 Å². The predicted octanol–water partition coefficient (Wildman–Crippen LogP) is 4.76. The number of ketones is 1. The molecule has 8 heteroatoms. The molecule has 2 aromatic carbocycles. The van der Waals surface area contributed by atoms with Crippen molar-refractivity contribution in [1.82, 2.24) is 0 Å². The van der Waals surface area contributed by atoms with Crippen LogP contribution in [0.3, 0.4) is 0 Å². The Labute approximate surface area is 190 Å². The van der Waals surface area contributed by atoms with Crippen LogP contribution < -0.4 is 4.90 Å². The summed E-state index contributed by atoms with van der Waals surface area (Å²) in [6.07, 6.45) is -3.78. The van der Waals surface area contributed by atoms with E-state index in [1.807, 2.05) is 18.2 Å². The molecular formula is C25H27F3N2O3. The molecule has 0 bridgehead atoms. The molecule has 2 aromatic rings. The number of piperidine rings is 1. The highest BCUT2D eigenvalue weighted by molar-refractivity contribution is 6.08. The number of Topliss-reactive ketones (excluding diaryl/α,β-unsaturated/α-hetero) is 1. The molecule has 2 N–H and O–H groups in total. The first-order chi connectivity index (χ1) is 15.7. The Bertz CT molecular complexity index is 1090. The monoisotopic (exact) mass is 460 g/mol. The van der Waals surface area contributed by atoms with Gasteiger partial charge in [0.15, 0.2) is 5.78 Å². The lowest BCUT2D eigenvalue weighted by molar-refractivity contribution is -0.116. The third-order valence-electron chi connectivity index (χ3n) is 6.10. The van der Waals surface area contributed by atoms with Crippen LogP contribution >= 0.6 is 0 Å². The van der Waals surface area contributed by atoms with Gasteiger partial charge in [-0.3, -0.25) is 4.79 Å². The quantitative estimate of drug-likeness (QED) is 0.460. The van der Waals surface area contributed by atoms with E-state index < -0.39 is 42.2 Å². The zero-order chi connectivity index (χ0) is 24.2. The third-order valence-corrected chi connectivity index (χ3v) is 6.10. The van der Waals surface area contributed by atoms with Gasteiger partial charge in [-0.05, 0) is 55.7 Å². The highest BCUT2D eigenvalue weighted by Crippen LogP contribution is 2.40. The normalized spacial score (nSPS) is 18.6. The van der Waals surface area contributed by atoms with E-state index in [2.05, 4.69) is 11.8 Å². The summed E-state index contributed by atoms with van der Waals surface area (Å²) < 4.78 is 42.4. The van der Waals surface area contributed by atoms with Gasteiger partial charge in [-0.2, -0.15) is 18.4 Å². The van der Waals surface area contributed by atoms with Gasteiger partial charge in [0.05, 0.1) is 18.3 Å². The van der Waals surface area contributed by atoms with E-state index in [9.17, 15) is 28.3 Å². The van der Waals surface area contributed by atoms with Gasteiger partial charge in [-0.25, -0.2) is 0 Å². The van der Waals surface area contributed by atoms with Crippen LogP contribution in [-0.2, 0) is 4.79 Å². The number of nitriles is 1. The number of carbonyl (C=O) groups excluding carboxylic acids is 1. The molecule has 2 unspecified atom stereocenters. The first kappa shape index (κ1) is 24.7. The lowest BCUT2D eigenvalue weighted by atomic mass is 9.92. The van der Waals surface area contributed by atoms with E-state index in [1.165, 1.54) is 18.2 Å². The molecular weight excluding hydrogens is 433 g/mol. The van der Waals surface area contributed by atoms with Crippen LogP contribution in [0, 0.1) is 11.3 Å². The molecule has 2 atom stereocenters. The molecule has 0 spiro atoms. The van der Waals surface area contributed by atoms with Crippen molar-refractivity contribution in [3.05, 3.63) is 47.5 Å². The number of halogens is 3. The van der Waals surface area contributed by atoms with Crippen LogP contribution in [0.25, 0.3) is 16.3 Å². The second-order valence-electron chi connectivity index (χ2n) is 8.41. The summed E-state index contributed by atoms with van der Waals surface area (Å²) in [4.78, 5) is 14.7. The van der Waals surface area contributed by atoms with E-state index in [0.29, 0.717) is 5.39 Å². The Morgan fingerprint density at radius 1 is 1.27 bits per heavy atom. The van der Waals surface area contributed by atoms with Crippen molar-refractivity contribution in [2.24, 2.45) is 0 Å². The number of carbonyl (C=O) groups is 1. The lowest BCUT2D eigenvalue weighted by Crippen LogP contribution is -2.37. The number of nitrogens with zero attached hydrogens (tertiary/aromatic N) is 2. The van der Waals surface area contributed by atoms with Crippen LogP contribution in [0.5, 0.6) is 0 Å². The molecule has 0 amide bonds. The van der Waals surface area contributed by atoms with Crippen LogP contribution in [0.4, 0.5) is 18.9 Å². The van der Waals surface area contributed by atoms with Crippen LogP contribution in [0.2, 0.25) is 0 Å².